The second-order valence-electron chi connectivity index (χ2n) is 3.10. The highest BCUT2D eigenvalue weighted by Gasteiger charge is 2.35. The zero-order valence-electron chi connectivity index (χ0n) is 8.58. The van der Waals surface area contributed by atoms with E-state index in [0.717, 1.165) is 11.8 Å². The molecule has 0 bridgehead atoms. The Bertz CT molecular complexity index is 400. The molecule has 0 aromatic carbocycles. The van der Waals surface area contributed by atoms with E-state index in [-0.39, 0.29) is 5.82 Å². The van der Waals surface area contributed by atoms with Crippen molar-refractivity contribution >= 4 is 11.8 Å². The average Bonchev–Trinajstić information content (AvgIpc) is 2.57. The fraction of sp³-hybridized carbons (Fsp3) is 0.500. The number of rotatable bonds is 2. The third kappa shape index (κ3) is 2.26. The number of halogens is 3. The van der Waals surface area contributed by atoms with E-state index in [4.69, 9.17) is 5.73 Å². The van der Waals surface area contributed by atoms with Gasteiger partial charge < -0.3 is 10.5 Å². The molecule has 0 unspecified atom stereocenters. The molecule has 0 radical (unpaired) electrons. The van der Waals surface area contributed by atoms with Crippen LogP contribution in [0, 0.1) is 0 Å². The van der Waals surface area contributed by atoms with Crippen molar-refractivity contribution in [3.8, 4) is 0 Å². The van der Waals surface area contributed by atoms with E-state index in [1.807, 2.05) is 0 Å². The van der Waals surface area contributed by atoms with E-state index in [9.17, 15) is 18.0 Å². The number of carbonyl (C=O) groups excluding carboxylic acids is 1. The Morgan fingerprint density at radius 3 is 2.56 bits per heavy atom. The number of nitrogen functional groups attached to an aromatic ring is 1. The van der Waals surface area contributed by atoms with Gasteiger partial charge in [-0.1, -0.05) is 0 Å². The molecule has 1 rings (SSSR count). The maximum Gasteiger partial charge on any atom is 0.435 e. The van der Waals surface area contributed by atoms with E-state index in [1.54, 1.807) is 0 Å². The smallest absolute Gasteiger partial charge is 0.435 e. The first-order chi connectivity index (χ1) is 7.27. The lowest BCUT2D eigenvalue weighted by atomic mass is 10.3. The van der Waals surface area contributed by atoms with Gasteiger partial charge in [-0.05, 0) is 6.92 Å². The number of nitrogens with two attached hydrogens (primary N) is 1. The molecule has 1 atom stereocenters. The molecule has 0 spiro atoms. The molecule has 0 amide bonds. The SMILES string of the molecule is COC(=O)[C@@H](C)n1nc(C(F)(F)F)cc1N. The van der Waals surface area contributed by atoms with Crippen LogP contribution in [0.3, 0.4) is 0 Å². The van der Waals surface area contributed by atoms with Gasteiger partial charge in [-0.2, -0.15) is 18.3 Å². The summed E-state index contributed by atoms with van der Waals surface area (Å²) in [5, 5.41) is 3.22. The van der Waals surface area contributed by atoms with Crippen molar-refractivity contribution in [1.82, 2.24) is 9.78 Å². The summed E-state index contributed by atoms with van der Waals surface area (Å²) in [5.74, 6) is -0.964. The Balaban J connectivity index is 3.07. The molecule has 0 fully saturated rings. The van der Waals surface area contributed by atoms with Crippen LogP contribution in [0.2, 0.25) is 0 Å². The first-order valence-electron chi connectivity index (χ1n) is 4.27. The Morgan fingerprint density at radius 1 is 1.62 bits per heavy atom. The van der Waals surface area contributed by atoms with Crippen LogP contribution in [0.25, 0.3) is 0 Å². The van der Waals surface area contributed by atoms with Gasteiger partial charge in [-0.15, -0.1) is 0 Å². The molecule has 5 nitrogen and oxygen atoms in total. The number of esters is 1. The minimum Gasteiger partial charge on any atom is -0.467 e. The summed E-state index contributed by atoms with van der Waals surface area (Å²) >= 11 is 0. The molecule has 2 N–H and O–H groups in total. The molecule has 0 aliphatic heterocycles. The number of carbonyl (C=O) groups is 1. The van der Waals surface area contributed by atoms with Crippen LogP contribution in [0.4, 0.5) is 19.0 Å². The van der Waals surface area contributed by atoms with Gasteiger partial charge in [-0.25, -0.2) is 9.48 Å². The van der Waals surface area contributed by atoms with Crippen LogP contribution in [0.1, 0.15) is 18.7 Å². The van der Waals surface area contributed by atoms with Crippen LogP contribution < -0.4 is 5.73 Å². The zero-order chi connectivity index (χ0) is 12.5. The lowest BCUT2D eigenvalue weighted by Crippen LogP contribution is -2.21. The fourth-order valence-electron chi connectivity index (χ4n) is 1.13. The van der Waals surface area contributed by atoms with E-state index < -0.39 is 23.9 Å². The van der Waals surface area contributed by atoms with Crippen LogP contribution >= 0.6 is 0 Å². The lowest BCUT2D eigenvalue weighted by molar-refractivity contribution is -0.146. The standard InChI is InChI=1S/C8H10F3N3O2/c1-4(7(15)16-2)14-6(12)3-5(13-14)8(9,10)11/h3-4H,12H2,1-2H3/t4-/m1/s1. The first-order valence-corrected chi connectivity index (χ1v) is 4.27. The number of anilines is 1. The van der Waals surface area contributed by atoms with E-state index in [0.29, 0.717) is 6.07 Å². The quantitative estimate of drug-likeness (QED) is 0.785. The monoisotopic (exact) mass is 237 g/mol. The normalized spacial score (nSPS) is 13.6. The molecule has 1 heterocycles. The maximum atomic E-state index is 12.3. The van der Waals surface area contributed by atoms with Crippen molar-refractivity contribution in [3.63, 3.8) is 0 Å². The summed E-state index contributed by atoms with van der Waals surface area (Å²) in [5.41, 5.74) is 4.19. The number of nitrogens with zero attached hydrogens (tertiary/aromatic N) is 2. The molecule has 0 aliphatic rings. The number of methoxy groups -OCH3 is 1. The van der Waals surface area contributed by atoms with E-state index in [1.165, 1.54) is 6.92 Å². The second kappa shape index (κ2) is 4.03. The molecule has 0 saturated carbocycles. The van der Waals surface area contributed by atoms with Crippen molar-refractivity contribution in [2.75, 3.05) is 12.8 Å². The minimum absolute atomic E-state index is 0.245. The molecule has 16 heavy (non-hydrogen) atoms. The van der Waals surface area contributed by atoms with Gasteiger partial charge in [0.15, 0.2) is 5.69 Å². The molecule has 0 aliphatic carbocycles. The Kier molecular flexibility index (Phi) is 3.11. The highest BCUT2D eigenvalue weighted by Crippen LogP contribution is 2.30. The van der Waals surface area contributed by atoms with Gasteiger partial charge >= 0.3 is 12.1 Å². The van der Waals surface area contributed by atoms with Crippen molar-refractivity contribution in [2.45, 2.75) is 19.1 Å². The van der Waals surface area contributed by atoms with Gasteiger partial charge in [0.1, 0.15) is 11.9 Å². The molecule has 1 aromatic heterocycles. The second-order valence-corrected chi connectivity index (χ2v) is 3.10. The fourth-order valence-corrected chi connectivity index (χ4v) is 1.13. The summed E-state index contributed by atoms with van der Waals surface area (Å²) in [6.45, 7) is 1.34. The van der Waals surface area contributed by atoms with Crippen molar-refractivity contribution in [2.24, 2.45) is 0 Å². The number of hydrogen-bond donors (Lipinski definition) is 1. The summed E-state index contributed by atoms with van der Waals surface area (Å²) in [6, 6.07) is -0.333. The van der Waals surface area contributed by atoms with Gasteiger partial charge in [0, 0.05) is 6.07 Å². The van der Waals surface area contributed by atoms with Gasteiger partial charge in [0.05, 0.1) is 7.11 Å². The third-order valence-electron chi connectivity index (χ3n) is 1.96. The molecule has 0 saturated heterocycles. The summed E-state index contributed by atoms with van der Waals surface area (Å²) < 4.78 is 42.0. The van der Waals surface area contributed by atoms with Crippen LogP contribution in [-0.2, 0) is 15.7 Å². The summed E-state index contributed by atoms with van der Waals surface area (Å²) in [4.78, 5) is 11.1. The predicted octanol–water partition coefficient (Wildman–Crippen LogP) is 1.22. The van der Waals surface area contributed by atoms with E-state index in [2.05, 4.69) is 9.84 Å². The van der Waals surface area contributed by atoms with Crippen LogP contribution in [-0.4, -0.2) is 22.9 Å². The molecular weight excluding hydrogens is 227 g/mol. The molecule has 90 valence electrons. The Labute approximate surface area is 89.0 Å². The first kappa shape index (κ1) is 12.3. The summed E-state index contributed by atoms with van der Waals surface area (Å²) in [7, 11) is 1.13. The van der Waals surface area contributed by atoms with Crippen molar-refractivity contribution in [1.29, 1.82) is 0 Å². The number of alkyl halides is 3. The zero-order valence-corrected chi connectivity index (χ0v) is 8.58. The van der Waals surface area contributed by atoms with Gasteiger partial charge in [0.2, 0.25) is 0 Å². The molecule has 1 aromatic rings. The third-order valence-corrected chi connectivity index (χ3v) is 1.96. The number of aromatic nitrogens is 2. The Hall–Kier alpha value is -1.73. The lowest BCUT2D eigenvalue weighted by Gasteiger charge is -2.10. The van der Waals surface area contributed by atoms with Crippen molar-refractivity contribution in [3.05, 3.63) is 11.8 Å². The molecular formula is C8H10F3N3O2. The highest BCUT2D eigenvalue weighted by molar-refractivity contribution is 5.74. The van der Waals surface area contributed by atoms with Gasteiger partial charge in [-0.3, -0.25) is 0 Å². The van der Waals surface area contributed by atoms with E-state index >= 15 is 0 Å². The van der Waals surface area contributed by atoms with Gasteiger partial charge in [0.25, 0.3) is 0 Å². The number of hydrogen-bond acceptors (Lipinski definition) is 4. The highest BCUT2D eigenvalue weighted by atomic mass is 19.4. The minimum atomic E-state index is -4.59. The average molecular weight is 237 g/mol. The predicted molar refractivity (Wildman–Crippen MR) is 48.4 cm³/mol. The van der Waals surface area contributed by atoms with Crippen molar-refractivity contribution < 1.29 is 22.7 Å². The van der Waals surface area contributed by atoms with Crippen LogP contribution in [0.5, 0.6) is 0 Å². The van der Waals surface area contributed by atoms with Crippen LogP contribution in [0.15, 0.2) is 6.07 Å². The summed E-state index contributed by atoms with van der Waals surface area (Å²) in [6.07, 6.45) is -4.59. The molecule has 8 heteroatoms. The maximum absolute atomic E-state index is 12.3. The Morgan fingerprint density at radius 2 is 2.19 bits per heavy atom. The topological polar surface area (TPSA) is 70.1 Å². The largest absolute Gasteiger partial charge is 0.467 e. The number of ether oxygens (including phenoxy) is 1.